The molecule has 0 radical (unpaired) electrons. The molecule has 1 aromatic heterocycles. The molecule has 0 spiro atoms. The van der Waals surface area contributed by atoms with Crippen LogP contribution in [0.4, 0.5) is 0 Å². The molecule has 5 nitrogen and oxygen atoms in total. The molecular weight excluding hydrogens is 302 g/mol. The average Bonchev–Trinajstić information content (AvgIpc) is 2.97. The summed E-state index contributed by atoms with van der Waals surface area (Å²) in [6.07, 6.45) is 0. The number of nitrogens with zero attached hydrogens (tertiary/aromatic N) is 3. The zero-order valence-corrected chi connectivity index (χ0v) is 14.7. The lowest BCUT2D eigenvalue weighted by atomic mass is 10.0. The molecule has 1 aliphatic heterocycles. The van der Waals surface area contributed by atoms with Gasteiger partial charge in [0.25, 0.3) is 5.91 Å². The van der Waals surface area contributed by atoms with Crippen LogP contribution in [0.1, 0.15) is 30.0 Å². The van der Waals surface area contributed by atoms with E-state index < -0.39 is 0 Å². The quantitative estimate of drug-likeness (QED) is 0.866. The number of carbonyl (C=O) groups is 1. The second kappa shape index (κ2) is 7.18. The summed E-state index contributed by atoms with van der Waals surface area (Å²) in [6.45, 7) is 10.7. The van der Waals surface area contributed by atoms with Crippen LogP contribution < -0.4 is 0 Å². The third-order valence-electron chi connectivity index (χ3n) is 4.41. The van der Waals surface area contributed by atoms with Gasteiger partial charge in [0.15, 0.2) is 0 Å². The van der Waals surface area contributed by atoms with Crippen molar-refractivity contribution in [1.82, 2.24) is 15.0 Å². The molecule has 128 valence electrons. The lowest BCUT2D eigenvalue weighted by molar-refractivity contribution is 0.0623. The molecule has 0 N–H and O–H groups in total. The zero-order valence-electron chi connectivity index (χ0n) is 14.7. The number of amides is 1. The van der Waals surface area contributed by atoms with Crippen molar-refractivity contribution in [3.05, 3.63) is 41.7 Å². The maximum absolute atomic E-state index is 13.0. The van der Waals surface area contributed by atoms with Crippen LogP contribution >= 0.6 is 0 Å². The second-order valence-electron chi connectivity index (χ2n) is 6.82. The Morgan fingerprint density at radius 2 is 1.83 bits per heavy atom. The van der Waals surface area contributed by atoms with Gasteiger partial charge >= 0.3 is 0 Å². The van der Waals surface area contributed by atoms with Crippen molar-refractivity contribution in [2.24, 2.45) is 5.92 Å². The third kappa shape index (κ3) is 3.51. The largest absolute Gasteiger partial charge is 0.360 e. The van der Waals surface area contributed by atoms with E-state index in [0.717, 1.165) is 38.3 Å². The molecule has 3 rings (SSSR count). The molecule has 1 aliphatic rings. The molecule has 0 unspecified atom stereocenters. The predicted molar refractivity (Wildman–Crippen MR) is 93.9 cm³/mol. The van der Waals surface area contributed by atoms with Crippen molar-refractivity contribution in [1.29, 1.82) is 0 Å². The molecule has 2 aromatic rings. The summed E-state index contributed by atoms with van der Waals surface area (Å²) < 4.78 is 5.33. The molecule has 5 heteroatoms. The van der Waals surface area contributed by atoms with Gasteiger partial charge < -0.3 is 9.42 Å². The third-order valence-corrected chi connectivity index (χ3v) is 4.41. The van der Waals surface area contributed by atoms with Crippen LogP contribution in [0.3, 0.4) is 0 Å². The van der Waals surface area contributed by atoms with Crippen molar-refractivity contribution in [3.63, 3.8) is 0 Å². The molecule has 24 heavy (non-hydrogen) atoms. The monoisotopic (exact) mass is 327 g/mol. The highest BCUT2D eigenvalue weighted by Gasteiger charge is 2.28. The van der Waals surface area contributed by atoms with E-state index in [9.17, 15) is 4.79 Å². The molecule has 0 saturated carbocycles. The summed E-state index contributed by atoms with van der Waals surface area (Å²) in [4.78, 5) is 17.4. The Morgan fingerprint density at radius 1 is 1.17 bits per heavy atom. The first kappa shape index (κ1) is 16.7. The van der Waals surface area contributed by atoms with Gasteiger partial charge in [-0.2, -0.15) is 0 Å². The van der Waals surface area contributed by atoms with Gasteiger partial charge in [-0.3, -0.25) is 9.69 Å². The van der Waals surface area contributed by atoms with E-state index in [0.29, 0.717) is 22.9 Å². The summed E-state index contributed by atoms with van der Waals surface area (Å²) in [5.41, 5.74) is 2.15. The lowest BCUT2D eigenvalue weighted by Gasteiger charge is -2.35. The minimum absolute atomic E-state index is 0.0248. The van der Waals surface area contributed by atoms with Crippen LogP contribution in [-0.2, 0) is 0 Å². The van der Waals surface area contributed by atoms with Crippen molar-refractivity contribution in [2.45, 2.75) is 20.8 Å². The highest BCUT2D eigenvalue weighted by atomic mass is 16.5. The summed E-state index contributed by atoms with van der Waals surface area (Å²) >= 11 is 0. The van der Waals surface area contributed by atoms with Gasteiger partial charge in [0, 0.05) is 38.3 Å². The van der Waals surface area contributed by atoms with E-state index in [2.05, 4.69) is 23.9 Å². The van der Waals surface area contributed by atoms with Gasteiger partial charge in [0.1, 0.15) is 17.0 Å². The maximum atomic E-state index is 13.0. The van der Waals surface area contributed by atoms with Crippen LogP contribution in [0.25, 0.3) is 11.3 Å². The number of aromatic nitrogens is 1. The second-order valence-corrected chi connectivity index (χ2v) is 6.82. The van der Waals surface area contributed by atoms with E-state index >= 15 is 0 Å². The molecule has 1 aromatic carbocycles. The van der Waals surface area contributed by atoms with Crippen molar-refractivity contribution in [3.8, 4) is 11.3 Å². The molecule has 2 heterocycles. The highest BCUT2D eigenvalue weighted by Crippen LogP contribution is 2.26. The van der Waals surface area contributed by atoms with Crippen LogP contribution in [0.5, 0.6) is 0 Å². The molecule has 1 saturated heterocycles. The SMILES string of the molecule is Cc1onc(-c2ccccc2)c1C(=O)N1CCN(CC(C)C)CC1. The van der Waals surface area contributed by atoms with Gasteiger partial charge in [0.05, 0.1) is 0 Å². The van der Waals surface area contributed by atoms with Crippen LogP contribution in [0.15, 0.2) is 34.9 Å². The number of aryl methyl sites for hydroxylation is 1. The summed E-state index contributed by atoms with van der Waals surface area (Å²) in [6, 6.07) is 9.74. The molecule has 1 fully saturated rings. The fraction of sp³-hybridized carbons (Fsp3) is 0.474. The number of hydrogen-bond acceptors (Lipinski definition) is 4. The summed E-state index contributed by atoms with van der Waals surface area (Å²) in [5, 5.41) is 4.12. The number of hydrogen-bond donors (Lipinski definition) is 0. The van der Waals surface area contributed by atoms with Gasteiger partial charge in [0.2, 0.25) is 0 Å². The summed E-state index contributed by atoms with van der Waals surface area (Å²) in [7, 11) is 0. The Bertz CT molecular complexity index is 686. The molecule has 0 bridgehead atoms. The first-order valence-corrected chi connectivity index (χ1v) is 8.59. The smallest absolute Gasteiger partial charge is 0.259 e. The van der Waals surface area contributed by atoms with Gasteiger partial charge in [-0.25, -0.2) is 0 Å². The number of piperazine rings is 1. The Balaban J connectivity index is 1.76. The van der Waals surface area contributed by atoms with Gasteiger partial charge in [-0.15, -0.1) is 0 Å². The van der Waals surface area contributed by atoms with E-state index in [1.807, 2.05) is 42.2 Å². The number of benzene rings is 1. The van der Waals surface area contributed by atoms with E-state index in [1.165, 1.54) is 0 Å². The van der Waals surface area contributed by atoms with Crippen LogP contribution in [0, 0.1) is 12.8 Å². The fourth-order valence-corrected chi connectivity index (χ4v) is 3.23. The molecular formula is C19H25N3O2. The first-order valence-electron chi connectivity index (χ1n) is 8.59. The fourth-order valence-electron chi connectivity index (χ4n) is 3.23. The highest BCUT2D eigenvalue weighted by molar-refractivity contribution is 6.00. The first-order chi connectivity index (χ1) is 11.6. The van der Waals surface area contributed by atoms with Crippen molar-refractivity contribution >= 4 is 5.91 Å². The Morgan fingerprint density at radius 3 is 2.46 bits per heavy atom. The van der Waals surface area contributed by atoms with E-state index in [4.69, 9.17) is 4.52 Å². The number of carbonyl (C=O) groups excluding carboxylic acids is 1. The Hall–Kier alpha value is -2.14. The molecule has 1 amide bonds. The summed E-state index contributed by atoms with van der Waals surface area (Å²) in [5.74, 6) is 1.26. The lowest BCUT2D eigenvalue weighted by Crippen LogP contribution is -2.49. The zero-order chi connectivity index (χ0) is 17.1. The molecule has 0 atom stereocenters. The van der Waals surface area contributed by atoms with Gasteiger partial charge in [-0.1, -0.05) is 49.3 Å². The minimum Gasteiger partial charge on any atom is -0.360 e. The maximum Gasteiger partial charge on any atom is 0.259 e. The van der Waals surface area contributed by atoms with Gasteiger partial charge in [-0.05, 0) is 12.8 Å². The Kier molecular flexibility index (Phi) is 5.00. The molecule has 0 aliphatic carbocycles. The number of rotatable bonds is 4. The normalized spacial score (nSPS) is 15.9. The van der Waals surface area contributed by atoms with Crippen LogP contribution in [-0.4, -0.2) is 53.6 Å². The standard InChI is InChI=1S/C19H25N3O2/c1-14(2)13-21-9-11-22(12-10-21)19(23)17-15(3)24-20-18(17)16-7-5-4-6-8-16/h4-8,14H,9-13H2,1-3H3. The topological polar surface area (TPSA) is 49.6 Å². The minimum atomic E-state index is 0.0248. The van der Waals surface area contributed by atoms with Crippen molar-refractivity contribution < 1.29 is 9.32 Å². The van der Waals surface area contributed by atoms with Crippen molar-refractivity contribution in [2.75, 3.05) is 32.7 Å². The van der Waals surface area contributed by atoms with E-state index in [1.54, 1.807) is 0 Å². The van der Waals surface area contributed by atoms with Crippen LogP contribution in [0.2, 0.25) is 0 Å². The Labute approximate surface area is 143 Å². The average molecular weight is 327 g/mol. The predicted octanol–water partition coefficient (Wildman–Crippen LogP) is 3.06. The van der Waals surface area contributed by atoms with E-state index in [-0.39, 0.29) is 5.91 Å².